The molecule has 2 amide bonds. The van der Waals surface area contributed by atoms with Crippen LogP contribution in [-0.4, -0.2) is 23.6 Å². The molecule has 2 aromatic carbocycles. The predicted octanol–water partition coefficient (Wildman–Crippen LogP) is 6.64. The second-order valence-corrected chi connectivity index (χ2v) is 8.93. The van der Waals surface area contributed by atoms with Gasteiger partial charge in [-0.25, -0.2) is 9.78 Å². The number of urea groups is 1. The molecule has 1 fully saturated rings. The molecule has 31 heavy (non-hydrogen) atoms. The Morgan fingerprint density at radius 3 is 2.65 bits per heavy atom. The fourth-order valence-electron chi connectivity index (χ4n) is 4.15. The van der Waals surface area contributed by atoms with Crippen molar-refractivity contribution in [2.75, 3.05) is 17.2 Å². The maximum atomic E-state index is 12.2. The fourth-order valence-corrected chi connectivity index (χ4v) is 4.50. The van der Waals surface area contributed by atoms with E-state index in [4.69, 9.17) is 28.2 Å². The molecule has 0 saturated heterocycles. The van der Waals surface area contributed by atoms with Gasteiger partial charge in [0.05, 0.1) is 21.2 Å². The minimum Gasteiger partial charge on any atom is -0.367 e. The van der Waals surface area contributed by atoms with Crippen LogP contribution in [0.1, 0.15) is 31.2 Å². The standard InChI is InChI=1S/C24H26Cl2N4O/c1-15-13-22(29-20-7-3-2-5-18(15)20)28-17-11-9-16(10-12-17)14-27-24(31)30-21-8-4-6-19(25)23(21)26/h2-8,13,16-17H,9-12,14H2,1H3,(H,28,29)(H2,27,30,31). The lowest BCUT2D eigenvalue weighted by Gasteiger charge is -2.29. The van der Waals surface area contributed by atoms with Crippen LogP contribution in [-0.2, 0) is 0 Å². The number of hydrogen-bond acceptors (Lipinski definition) is 3. The molecule has 0 bridgehead atoms. The predicted molar refractivity (Wildman–Crippen MR) is 129 cm³/mol. The van der Waals surface area contributed by atoms with E-state index in [1.54, 1.807) is 18.2 Å². The summed E-state index contributed by atoms with van der Waals surface area (Å²) >= 11 is 12.1. The highest BCUT2D eigenvalue weighted by Gasteiger charge is 2.22. The van der Waals surface area contributed by atoms with Crippen molar-refractivity contribution in [2.45, 2.75) is 38.6 Å². The summed E-state index contributed by atoms with van der Waals surface area (Å²) in [6, 6.07) is 15.7. The van der Waals surface area contributed by atoms with Gasteiger partial charge in [0, 0.05) is 18.0 Å². The first kappa shape index (κ1) is 21.7. The Labute approximate surface area is 192 Å². The first-order valence-electron chi connectivity index (χ1n) is 10.6. The van der Waals surface area contributed by atoms with Gasteiger partial charge in [-0.15, -0.1) is 0 Å². The number of nitrogens with one attached hydrogen (secondary N) is 3. The summed E-state index contributed by atoms with van der Waals surface area (Å²) < 4.78 is 0. The molecular formula is C24H26Cl2N4O. The van der Waals surface area contributed by atoms with Crippen molar-refractivity contribution in [3.8, 4) is 0 Å². The molecule has 0 aliphatic heterocycles. The van der Waals surface area contributed by atoms with Crippen LogP contribution in [0.15, 0.2) is 48.5 Å². The summed E-state index contributed by atoms with van der Waals surface area (Å²) in [5.41, 5.74) is 2.77. The summed E-state index contributed by atoms with van der Waals surface area (Å²) in [6.07, 6.45) is 4.23. The van der Waals surface area contributed by atoms with Gasteiger partial charge in [-0.05, 0) is 68.4 Å². The average Bonchev–Trinajstić information content (AvgIpc) is 2.76. The number of pyridine rings is 1. The van der Waals surface area contributed by atoms with E-state index < -0.39 is 0 Å². The van der Waals surface area contributed by atoms with Crippen molar-refractivity contribution in [1.29, 1.82) is 0 Å². The summed E-state index contributed by atoms with van der Waals surface area (Å²) in [5, 5.41) is 11.3. The van der Waals surface area contributed by atoms with Crippen LogP contribution >= 0.6 is 23.2 Å². The highest BCUT2D eigenvalue weighted by molar-refractivity contribution is 6.43. The average molecular weight is 457 g/mol. The summed E-state index contributed by atoms with van der Waals surface area (Å²) in [6.45, 7) is 2.77. The van der Waals surface area contributed by atoms with Crippen LogP contribution < -0.4 is 16.0 Å². The Kier molecular flexibility index (Phi) is 6.83. The number of aryl methyl sites for hydroxylation is 1. The maximum absolute atomic E-state index is 12.2. The molecular weight excluding hydrogens is 431 g/mol. The topological polar surface area (TPSA) is 66.0 Å². The minimum atomic E-state index is -0.264. The summed E-state index contributed by atoms with van der Waals surface area (Å²) in [5.74, 6) is 1.40. The lowest BCUT2D eigenvalue weighted by Crippen LogP contribution is -2.36. The zero-order valence-electron chi connectivity index (χ0n) is 17.4. The molecule has 4 rings (SSSR count). The van der Waals surface area contributed by atoms with Crippen molar-refractivity contribution >= 4 is 51.6 Å². The third-order valence-corrected chi connectivity index (χ3v) is 6.69. The number of fused-ring (bicyclic) bond motifs is 1. The third kappa shape index (κ3) is 5.41. The quantitative estimate of drug-likeness (QED) is 0.402. The van der Waals surface area contributed by atoms with E-state index in [2.05, 4.69) is 41.1 Å². The maximum Gasteiger partial charge on any atom is 0.319 e. The second kappa shape index (κ2) is 9.75. The molecule has 5 nitrogen and oxygen atoms in total. The Balaban J connectivity index is 1.24. The number of benzene rings is 2. The van der Waals surface area contributed by atoms with E-state index in [0.29, 0.717) is 34.2 Å². The van der Waals surface area contributed by atoms with Gasteiger partial charge in [0.15, 0.2) is 0 Å². The third-order valence-electron chi connectivity index (χ3n) is 5.87. The molecule has 0 atom stereocenters. The van der Waals surface area contributed by atoms with Crippen molar-refractivity contribution in [3.63, 3.8) is 0 Å². The van der Waals surface area contributed by atoms with Gasteiger partial charge in [0.1, 0.15) is 5.82 Å². The highest BCUT2D eigenvalue weighted by Crippen LogP contribution is 2.30. The van der Waals surface area contributed by atoms with Gasteiger partial charge in [-0.3, -0.25) is 0 Å². The smallest absolute Gasteiger partial charge is 0.319 e. The van der Waals surface area contributed by atoms with Gasteiger partial charge < -0.3 is 16.0 Å². The van der Waals surface area contributed by atoms with Crippen molar-refractivity contribution in [3.05, 3.63) is 64.1 Å². The van der Waals surface area contributed by atoms with Gasteiger partial charge in [0.2, 0.25) is 0 Å². The van der Waals surface area contributed by atoms with Gasteiger partial charge in [-0.2, -0.15) is 0 Å². The summed E-state index contributed by atoms with van der Waals surface area (Å²) in [7, 11) is 0. The molecule has 1 saturated carbocycles. The van der Waals surface area contributed by atoms with Crippen molar-refractivity contribution in [2.24, 2.45) is 5.92 Å². The Bertz CT molecular complexity index is 1080. The van der Waals surface area contributed by atoms with Crippen LogP contribution in [0.4, 0.5) is 16.3 Å². The first-order valence-corrected chi connectivity index (χ1v) is 11.4. The van der Waals surface area contributed by atoms with E-state index in [9.17, 15) is 4.79 Å². The van der Waals surface area contributed by atoms with Crippen molar-refractivity contribution in [1.82, 2.24) is 10.3 Å². The molecule has 0 spiro atoms. The van der Waals surface area contributed by atoms with Gasteiger partial charge in [-0.1, -0.05) is 47.5 Å². The van der Waals surface area contributed by atoms with Crippen LogP contribution in [0.5, 0.6) is 0 Å². The number of nitrogens with zero attached hydrogens (tertiary/aromatic N) is 1. The Morgan fingerprint density at radius 1 is 1.06 bits per heavy atom. The molecule has 0 unspecified atom stereocenters. The van der Waals surface area contributed by atoms with Crippen LogP contribution in [0.25, 0.3) is 10.9 Å². The van der Waals surface area contributed by atoms with E-state index in [1.807, 2.05) is 12.1 Å². The van der Waals surface area contributed by atoms with Crippen LogP contribution in [0, 0.1) is 12.8 Å². The number of anilines is 2. The number of amides is 2. The Morgan fingerprint density at radius 2 is 1.84 bits per heavy atom. The number of carbonyl (C=O) groups excluding carboxylic acids is 1. The number of aromatic nitrogens is 1. The first-order chi connectivity index (χ1) is 15.0. The molecule has 1 heterocycles. The fraction of sp³-hybridized carbons (Fsp3) is 0.333. The van der Waals surface area contributed by atoms with E-state index in [-0.39, 0.29) is 6.03 Å². The SMILES string of the molecule is Cc1cc(NC2CCC(CNC(=O)Nc3cccc(Cl)c3Cl)CC2)nc2ccccc12. The molecule has 7 heteroatoms. The zero-order valence-corrected chi connectivity index (χ0v) is 18.9. The van der Waals surface area contributed by atoms with Crippen LogP contribution in [0.2, 0.25) is 10.0 Å². The van der Waals surface area contributed by atoms with Crippen molar-refractivity contribution < 1.29 is 4.79 Å². The van der Waals surface area contributed by atoms with Gasteiger partial charge in [0.25, 0.3) is 0 Å². The number of rotatable bonds is 5. The zero-order chi connectivity index (χ0) is 21.8. The van der Waals surface area contributed by atoms with E-state index in [1.165, 1.54) is 10.9 Å². The van der Waals surface area contributed by atoms with Gasteiger partial charge >= 0.3 is 6.03 Å². The largest absolute Gasteiger partial charge is 0.367 e. The number of halogens is 2. The second-order valence-electron chi connectivity index (χ2n) is 8.14. The molecule has 1 aliphatic carbocycles. The number of hydrogen-bond donors (Lipinski definition) is 3. The lowest BCUT2D eigenvalue weighted by molar-refractivity contribution is 0.246. The number of para-hydroxylation sites is 1. The molecule has 3 aromatic rings. The molecule has 1 aliphatic rings. The summed E-state index contributed by atoms with van der Waals surface area (Å²) in [4.78, 5) is 17.0. The highest BCUT2D eigenvalue weighted by atomic mass is 35.5. The monoisotopic (exact) mass is 456 g/mol. The Hall–Kier alpha value is -2.50. The minimum absolute atomic E-state index is 0.264. The molecule has 3 N–H and O–H groups in total. The molecule has 0 radical (unpaired) electrons. The van der Waals surface area contributed by atoms with E-state index in [0.717, 1.165) is 37.0 Å². The molecule has 162 valence electrons. The molecule has 1 aromatic heterocycles. The lowest BCUT2D eigenvalue weighted by atomic mass is 9.86. The van der Waals surface area contributed by atoms with Crippen LogP contribution in [0.3, 0.4) is 0 Å². The number of carbonyl (C=O) groups is 1. The normalized spacial score (nSPS) is 18.5. The van der Waals surface area contributed by atoms with E-state index >= 15 is 0 Å².